The fourth-order valence-corrected chi connectivity index (χ4v) is 2.65. The van der Waals surface area contributed by atoms with Gasteiger partial charge in [-0.2, -0.15) is 0 Å². The zero-order valence-corrected chi connectivity index (χ0v) is 11.5. The van der Waals surface area contributed by atoms with Crippen molar-refractivity contribution < 1.29 is 9.18 Å². The van der Waals surface area contributed by atoms with E-state index in [0.717, 1.165) is 43.6 Å². The minimum absolute atomic E-state index is 0.189. The van der Waals surface area contributed by atoms with Crippen LogP contribution in [-0.4, -0.2) is 12.5 Å². The van der Waals surface area contributed by atoms with E-state index < -0.39 is 0 Å². The Morgan fingerprint density at radius 1 is 1.21 bits per heavy atom. The molecule has 1 amide bonds. The molecule has 1 fully saturated rings. The van der Waals surface area contributed by atoms with E-state index in [1.807, 2.05) is 0 Å². The van der Waals surface area contributed by atoms with Gasteiger partial charge in [0.1, 0.15) is 5.82 Å². The third kappa shape index (κ3) is 4.34. The summed E-state index contributed by atoms with van der Waals surface area (Å²) in [6.45, 7) is 2.89. The zero-order valence-electron chi connectivity index (χ0n) is 11.5. The number of amides is 1. The van der Waals surface area contributed by atoms with Crippen LogP contribution in [0.4, 0.5) is 4.39 Å². The molecular weight excluding hydrogens is 241 g/mol. The normalized spacial score (nSPS) is 23.1. The van der Waals surface area contributed by atoms with Gasteiger partial charge in [-0.1, -0.05) is 19.1 Å². The van der Waals surface area contributed by atoms with Crippen LogP contribution in [0.15, 0.2) is 24.3 Å². The van der Waals surface area contributed by atoms with Crippen LogP contribution >= 0.6 is 0 Å². The number of rotatable bonds is 4. The molecule has 0 unspecified atom stereocenters. The van der Waals surface area contributed by atoms with Gasteiger partial charge >= 0.3 is 0 Å². The van der Waals surface area contributed by atoms with E-state index >= 15 is 0 Å². The highest BCUT2D eigenvalue weighted by molar-refractivity contribution is 5.78. The second kappa shape index (κ2) is 6.69. The number of hydrogen-bond acceptors (Lipinski definition) is 1. The topological polar surface area (TPSA) is 29.1 Å². The molecule has 1 aromatic carbocycles. The second-order valence-electron chi connectivity index (χ2n) is 5.62. The molecule has 1 N–H and O–H groups in total. The Hall–Kier alpha value is -1.38. The summed E-state index contributed by atoms with van der Waals surface area (Å²) in [6.07, 6.45) is 5.12. The van der Waals surface area contributed by atoms with Crippen molar-refractivity contribution in [3.05, 3.63) is 35.6 Å². The SMILES string of the molecule is CC1CCC(C(=O)NCCc2ccc(F)cc2)CC1. The first-order valence-electron chi connectivity index (χ1n) is 7.17. The van der Waals surface area contributed by atoms with E-state index in [0.29, 0.717) is 6.54 Å². The minimum Gasteiger partial charge on any atom is -0.356 e. The molecule has 0 heterocycles. The Kier molecular flexibility index (Phi) is 4.94. The van der Waals surface area contributed by atoms with Crippen molar-refractivity contribution in [1.29, 1.82) is 0 Å². The molecule has 0 radical (unpaired) electrons. The predicted molar refractivity (Wildman–Crippen MR) is 74.2 cm³/mol. The molecule has 0 aromatic heterocycles. The molecule has 1 aliphatic carbocycles. The lowest BCUT2D eigenvalue weighted by Gasteiger charge is -2.25. The van der Waals surface area contributed by atoms with Crippen LogP contribution < -0.4 is 5.32 Å². The van der Waals surface area contributed by atoms with E-state index in [1.165, 1.54) is 12.1 Å². The molecule has 0 atom stereocenters. The highest BCUT2D eigenvalue weighted by Gasteiger charge is 2.23. The van der Waals surface area contributed by atoms with Crippen molar-refractivity contribution in [1.82, 2.24) is 5.32 Å². The third-order valence-electron chi connectivity index (χ3n) is 4.01. The number of carbonyl (C=O) groups excluding carboxylic acids is 1. The maximum absolute atomic E-state index is 12.7. The van der Waals surface area contributed by atoms with Crippen LogP contribution in [0.25, 0.3) is 0 Å². The van der Waals surface area contributed by atoms with E-state index in [1.54, 1.807) is 12.1 Å². The highest BCUT2D eigenvalue weighted by Crippen LogP contribution is 2.28. The Labute approximate surface area is 114 Å². The van der Waals surface area contributed by atoms with Crippen molar-refractivity contribution in [2.75, 3.05) is 6.54 Å². The van der Waals surface area contributed by atoms with Crippen molar-refractivity contribution in [3.8, 4) is 0 Å². The van der Waals surface area contributed by atoms with Crippen LogP contribution in [0.1, 0.15) is 38.2 Å². The number of benzene rings is 1. The van der Waals surface area contributed by atoms with Gasteiger partial charge in [-0.05, 0) is 55.7 Å². The Bertz CT molecular complexity index is 407. The fourth-order valence-electron chi connectivity index (χ4n) is 2.65. The first kappa shape index (κ1) is 14.0. The molecule has 2 nitrogen and oxygen atoms in total. The van der Waals surface area contributed by atoms with Crippen molar-refractivity contribution in [3.63, 3.8) is 0 Å². The predicted octanol–water partition coefficient (Wildman–Crippen LogP) is 3.31. The third-order valence-corrected chi connectivity index (χ3v) is 4.01. The molecule has 0 aliphatic heterocycles. The van der Waals surface area contributed by atoms with Gasteiger partial charge < -0.3 is 5.32 Å². The molecule has 1 aliphatic rings. The molecular formula is C16H22FNO. The van der Waals surface area contributed by atoms with E-state index in [9.17, 15) is 9.18 Å². The number of halogens is 1. The average molecular weight is 263 g/mol. The molecule has 1 saturated carbocycles. The standard InChI is InChI=1S/C16H22FNO/c1-12-2-6-14(7-3-12)16(19)18-11-10-13-4-8-15(17)9-5-13/h4-5,8-9,12,14H,2-3,6-7,10-11H2,1H3,(H,18,19). The molecule has 0 bridgehead atoms. The maximum Gasteiger partial charge on any atom is 0.223 e. The zero-order chi connectivity index (χ0) is 13.7. The Morgan fingerprint density at radius 3 is 2.47 bits per heavy atom. The highest BCUT2D eigenvalue weighted by atomic mass is 19.1. The van der Waals surface area contributed by atoms with E-state index in [2.05, 4.69) is 12.2 Å². The van der Waals surface area contributed by atoms with Gasteiger partial charge in [0, 0.05) is 12.5 Å². The summed E-state index contributed by atoms with van der Waals surface area (Å²) in [4.78, 5) is 12.0. The van der Waals surface area contributed by atoms with Crippen LogP contribution in [0.5, 0.6) is 0 Å². The quantitative estimate of drug-likeness (QED) is 0.887. The van der Waals surface area contributed by atoms with E-state index in [-0.39, 0.29) is 17.6 Å². The first-order valence-corrected chi connectivity index (χ1v) is 7.17. The molecule has 104 valence electrons. The lowest BCUT2D eigenvalue weighted by Crippen LogP contribution is -2.34. The molecule has 0 spiro atoms. The average Bonchev–Trinajstić information content (AvgIpc) is 2.41. The molecule has 1 aromatic rings. The molecule has 2 rings (SSSR count). The summed E-state index contributed by atoms with van der Waals surface area (Å²) in [7, 11) is 0. The largest absolute Gasteiger partial charge is 0.356 e. The van der Waals surface area contributed by atoms with Crippen LogP contribution in [0.3, 0.4) is 0 Å². The van der Waals surface area contributed by atoms with Crippen molar-refractivity contribution in [2.24, 2.45) is 11.8 Å². The summed E-state index contributed by atoms with van der Waals surface area (Å²) in [5, 5.41) is 3.00. The number of nitrogens with one attached hydrogen (secondary N) is 1. The summed E-state index contributed by atoms with van der Waals surface area (Å²) >= 11 is 0. The lowest BCUT2D eigenvalue weighted by atomic mass is 9.82. The second-order valence-corrected chi connectivity index (χ2v) is 5.62. The number of hydrogen-bond donors (Lipinski definition) is 1. The van der Waals surface area contributed by atoms with Crippen LogP contribution in [0.2, 0.25) is 0 Å². The summed E-state index contributed by atoms with van der Waals surface area (Å²) in [5.41, 5.74) is 1.05. The minimum atomic E-state index is -0.218. The Morgan fingerprint density at radius 2 is 1.84 bits per heavy atom. The Balaban J connectivity index is 1.70. The van der Waals surface area contributed by atoms with Gasteiger partial charge in [0.25, 0.3) is 0 Å². The smallest absolute Gasteiger partial charge is 0.223 e. The van der Waals surface area contributed by atoms with Gasteiger partial charge in [-0.3, -0.25) is 4.79 Å². The van der Waals surface area contributed by atoms with E-state index in [4.69, 9.17) is 0 Å². The fraction of sp³-hybridized carbons (Fsp3) is 0.562. The summed E-state index contributed by atoms with van der Waals surface area (Å²) < 4.78 is 12.7. The molecule has 0 saturated heterocycles. The van der Waals surface area contributed by atoms with Gasteiger partial charge in [-0.15, -0.1) is 0 Å². The first-order chi connectivity index (χ1) is 9.15. The van der Waals surface area contributed by atoms with Crippen LogP contribution in [0, 0.1) is 17.7 Å². The van der Waals surface area contributed by atoms with Gasteiger partial charge in [0.2, 0.25) is 5.91 Å². The molecule has 3 heteroatoms. The van der Waals surface area contributed by atoms with Gasteiger partial charge in [-0.25, -0.2) is 4.39 Å². The lowest BCUT2D eigenvalue weighted by molar-refractivity contribution is -0.126. The van der Waals surface area contributed by atoms with Crippen molar-refractivity contribution >= 4 is 5.91 Å². The van der Waals surface area contributed by atoms with Gasteiger partial charge in [0.05, 0.1) is 0 Å². The van der Waals surface area contributed by atoms with Crippen LogP contribution in [-0.2, 0) is 11.2 Å². The summed E-state index contributed by atoms with van der Waals surface area (Å²) in [5.74, 6) is 0.936. The maximum atomic E-state index is 12.7. The monoisotopic (exact) mass is 263 g/mol. The molecule has 19 heavy (non-hydrogen) atoms. The summed E-state index contributed by atoms with van der Waals surface area (Å²) in [6, 6.07) is 6.45. The van der Waals surface area contributed by atoms with Gasteiger partial charge in [0.15, 0.2) is 0 Å². The van der Waals surface area contributed by atoms with Crippen molar-refractivity contribution in [2.45, 2.75) is 39.0 Å². The number of carbonyl (C=O) groups is 1.